The van der Waals surface area contributed by atoms with Gasteiger partial charge in [-0.1, -0.05) is 6.08 Å². The molecule has 1 amide bonds. The van der Waals surface area contributed by atoms with Gasteiger partial charge < -0.3 is 14.4 Å². The van der Waals surface area contributed by atoms with Gasteiger partial charge in [-0.2, -0.15) is 0 Å². The molecule has 4 heteroatoms. The SMILES string of the molecule is C=CCCCO[C@H]1C[C@@H]1C(=O)N1CCOCC1. The Labute approximate surface area is 103 Å². The van der Waals surface area contributed by atoms with E-state index in [4.69, 9.17) is 9.47 Å². The molecular formula is C13H21NO3. The van der Waals surface area contributed by atoms with Crippen molar-refractivity contribution in [2.24, 2.45) is 5.92 Å². The first-order chi connectivity index (χ1) is 8.33. The molecule has 2 atom stereocenters. The number of allylic oxidation sites excluding steroid dienone is 1. The Balaban J connectivity index is 1.63. The number of nitrogens with zero attached hydrogens (tertiary/aromatic N) is 1. The van der Waals surface area contributed by atoms with E-state index in [1.54, 1.807) is 0 Å². The van der Waals surface area contributed by atoms with Gasteiger partial charge in [0.1, 0.15) is 0 Å². The van der Waals surface area contributed by atoms with Crippen molar-refractivity contribution >= 4 is 5.91 Å². The predicted octanol–water partition coefficient (Wildman–Crippen LogP) is 1.22. The second-order valence-electron chi connectivity index (χ2n) is 4.62. The molecule has 0 N–H and O–H groups in total. The minimum Gasteiger partial charge on any atom is -0.378 e. The average Bonchev–Trinajstić information content (AvgIpc) is 3.14. The van der Waals surface area contributed by atoms with Crippen molar-refractivity contribution in [3.8, 4) is 0 Å². The van der Waals surface area contributed by atoms with E-state index in [-0.39, 0.29) is 17.9 Å². The van der Waals surface area contributed by atoms with Crippen LogP contribution in [0.2, 0.25) is 0 Å². The molecule has 0 radical (unpaired) electrons. The summed E-state index contributed by atoms with van der Waals surface area (Å²) in [4.78, 5) is 13.9. The topological polar surface area (TPSA) is 38.8 Å². The van der Waals surface area contributed by atoms with Crippen molar-refractivity contribution in [3.05, 3.63) is 12.7 Å². The van der Waals surface area contributed by atoms with Gasteiger partial charge in [-0.15, -0.1) is 6.58 Å². The molecule has 1 saturated carbocycles. The Hall–Kier alpha value is -0.870. The van der Waals surface area contributed by atoms with Gasteiger partial charge in [0.05, 0.1) is 25.2 Å². The summed E-state index contributed by atoms with van der Waals surface area (Å²) in [7, 11) is 0. The maximum Gasteiger partial charge on any atom is 0.228 e. The molecule has 2 rings (SSSR count). The monoisotopic (exact) mass is 239 g/mol. The molecule has 0 aromatic carbocycles. The van der Waals surface area contributed by atoms with Crippen LogP contribution in [0.3, 0.4) is 0 Å². The van der Waals surface area contributed by atoms with Gasteiger partial charge in [0, 0.05) is 19.7 Å². The summed E-state index contributed by atoms with van der Waals surface area (Å²) in [5, 5.41) is 0. The van der Waals surface area contributed by atoms with Gasteiger partial charge in [-0.3, -0.25) is 4.79 Å². The zero-order chi connectivity index (χ0) is 12.1. The number of ether oxygens (including phenoxy) is 2. The Morgan fingerprint density at radius 2 is 2.24 bits per heavy atom. The van der Waals surface area contributed by atoms with Crippen LogP contribution in [0.4, 0.5) is 0 Å². The number of hydrogen-bond acceptors (Lipinski definition) is 3. The second-order valence-corrected chi connectivity index (χ2v) is 4.62. The predicted molar refractivity (Wildman–Crippen MR) is 64.7 cm³/mol. The number of carbonyl (C=O) groups is 1. The lowest BCUT2D eigenvalue weighted by atomic mass is 10.3. The molecule has 1 saturated heterocycles. The van der Waals surface area contributed by atoms with Gasteiger partial charge >= 0.3 is 0 Å². The van der Waals surface area contributed by atoms with Crippen LogP contribution in [0.15, 0.2) is 12.7 Å². The molecule has 0 spiro atoms. The molecule has 0 aromatic heterocycles. The largest absolute Gasteiger partial charge is 0.378 e. The third kappa shape index (κ3) is 3.54. The second kappa shape index (κ2) is 6.17. The standard InChI is InChI=1S/C13H21NO3/c1-2-3-4-7-17-12-10-11(12)13(15)14-5-8-16-9-6-14/h2,11-12H,1,3-10H2/t11-,12-/m0/s1. The lowest BCUT2D eigenvalue weighted by Gasteiger charge is -2.26. The van der Waals surface area contributed by atoms with Crippen LogP contribution in [0.25, 0.3) is 0 Å². The van der Waals surface area contributed by atoms with Crippen molar-refractivity contribution < 1.29 is 14.3 Å². The summed E-state index contributed by atoms with van der Waals surface area (Å²) >= 11 is 0. The van der Waals surface area contributed by atoms with E-state index in [0.29, 0.717) is 13.2 Å². The van der Waals surface area contributed by atoms with E-state index in [0.717, 1.165) is 39.0 Å². The molecule has 2 fully saturated rings. The summed E-state index contributed by atoms with van der Waals surface area (Å²) in [6, 6.07) is 0. The fraction of sp³-hybridized carbons (Fsp3) is 0.769. The van der Waals surface area contributed by atoms with Crippen LogP contribution in [-0.2, 0) is 14.3 Å². The summed E-state index contributed by atoms with van der Waals surface area (Å²) in [6.07, 6.45) is 4.93. The number of morpholine rings is 1. The van der Waals surface area contributed by atoms with Crippen molar-refractivity contribution in [2.45, 2.75) is 25.4 Å². The Kier molecular flexibility index (Phi) is 4.57. The van der Waals surface area contributed by atoms with Gasteiger partial charge in [-0.25, -0.2) is 0 Å². The van der Waals surface area contributed by atoms with Gasteiger partial charge in [0.15, 0.2) is 0 Å². The molecule has 2 aliphatic rings. The highest BCUT2D eigenvalue weighted by Crippen LogP contribution is 2.35. The average molecular weight is 239 g/mol. The molecule has 0 unspecified atom stereocenters. The Morgan fingerprint density at radius 1 is 1.47 bits per heavy atom. The van der Waals surface area contributed by atoms with E-state index < -0.39 is 0 Å². The highest BCUT2D eigenvalue weighted by molar-refractivity contribution is 5.82. The van der Waals surface area contributed by atoms with Gasteiger partial charge in [0.2, 0.25) is 5.91 Å². The third-order valence-electron chi connectivity index (χ3n) is 3.26. The van der Waals surface area contributed by atoms with E-state index in [9.17, 15) is 4.79 Å². The zero-order valence-electron chi connectivity index (χ0n) is 10.3. The number of amides is 1. The van der Waals surface area contributed by atoms with E-state index >= 15 is 0 Å². The van der Waals surface area contributed by atoms with E-state index in [1.807, 2.05) is 11.0 Å². The first-order valence-electron chi connectivity index (χ1n) is 6.42. The quantitative estimate of drug-likeness (QED) is 0.516. The van der Waals surface area contributed by atoms with Crippen LogP contribution in [0.1, 0.15) is 19.3 Å². The van der Waals surface area contributed by atoms with Crippen LogP contribution in [-0.4, -0.2) is 49.8 Å². The minimum absolute atomic E-state index is 0.108. The fourth-order valence-corrected chi connectivity index (χ4v) is 2.10. The van der Waals surface area contributed by atoms with E-state index in [1.165, 1.54) is 0 Å². The number of rotatable bonds is 6. The normalized spacial score (nSPS) is 27.9. The number of carbonyl (C=O) groups excluding carboxylic acids is 1. The molecule has 17 heavy (non-hydrogen) atoms. The molecule has 96 valence electrons. The summed E-state index contributed by atoms with van der Waals surface area (Å²) < 4.78 is 10.9. The number of hydrogen-bond donors (Lipinski definition) is 0. The van der Waals surface area contributed by atoms with Crippen LogP contribution >= 0.6 is 0 Å². The van der Waals surface area contributed by atoms with Crippen LogP contribution in [0.5, 0.6) is 0 Å². The zero-order valence-corrected chi connectivity index (χ0v) is 10.3. The summed E-state index contributed by atoms with van der Waals surface area (Å²) in [5.41, 5.74) is 0. The van der Waals surface area contributed by atoms with E-state index in [2.05, 4.69) is 6.58 Å². The highest BCUT2D eigenvalue weighted by Gasteiger charge is 2.46. The molecule has 1 aliphatic carbocycles. The summed E-state index contributed by atoms with van der Waals surface area (Å²) in [6.45, 7) is 7.22. The first kappa shape index (κ1) is 12.6. The third-order valence-corrected chi connectivity index (χ3v) is 3.26. The van der Waals surface area contributed by atoms with Crippen LogP contribution < -0.4 is 0 Å². The smallest absolute Gasteiger partial charge is 0.228 e. The Bertz CT molecular complexity index is 274. The molecule has 0 aromatic rings. The highest BCUT2D eigenvalue weighted by atomic mass is 16.5. The van der Waals surface area contributed by atoms with Crippen molar-refractivity contribution in [1.29, 1.82) is 0 Å². The molecule has 0 bridgehead atoms. The summed E-state index contributed by atoms with van der Waals surface area (Å²) in [5.74, 6) is 0.360. The Morgan fingerprint density at radius 3 is 2.94 bits per heavy atom. The van der Waals surface area contributed by atoms with Crippen LogP contribution in [0, 0.1) is 5.92 Å². The first-order valence-corrected chi connectivity index (χ1v) is 6.42. The van der Waals surface area contributed by atoms with Gasteiger partial charge in [0.25, 0.3) is 0 Å². The lowest BCUT2D eigenvalue weighted by Crippen LogP contribution is -2.42. The maximum atomic E-state index is 12.0. The van der Waals surface area contributed by atoms with Crippen molar-refractivity contribution in [3.63, 3.8) is 0 Å². The fourth-order valence-electron chi connectivity index (χ4n) is 2.10. The lowest BCUT2D eigenvalue weighted by molar-refractivity contribution is -0.137. The van der Waals surface area contributed by atoms with Crippen molar-refractivity contribution in [1.82, 2.24) is 4.90 Å². The van der Waals surface area contributed by atoms with Gasteiger partial charge in [-0.05, 0) is 19.3 Å². The maximum absolute atomic E-state index is 12.0. The van der Waals surface area contributed by atoms with Crippen molar-refractivity contribution in [2.75, 3.05) is 32.9 Å². The number of unbranched alkanes of at least 4 members (excludes halogenated alkanes) is 1. The minimum atomic E-state index is 0.108. The molecule has 1 aliphatic heterocycles. The molecule has 1 heterocycles. The molecule has 4 nitrogen and oxygen atoms in total. The molecular weight excluding hydrogens is 218 g/mol.